The molecule has 0 aliphatic carbocycles. The van der Waals surface area contributed by atoms with Crippen molar-refractivity contribution in [2.45, 2.75) is 6.61 Å². The van der Waals surface area contributed by atoms with Crippen LogP contribution in [0.3, 0.4) is 0 Å². The summed E-state index contributed by atoms with van der Waals surface area (Å²) in [5.41, 5.74) is 0.958. The Balaban J connectivity index is 1.94. The van der Waals surface area contributed by atoms with E-state index in [4.69, 9.17) is 9.47 Å². The molecule has 16 heavy (non-hydrogen) atoms. The Kier molecular flexibility index (Phi) is 3.28. The van der Waals surface area contributed by atoms with Gasteiger partial charge in [-0.2, -0.15) is 0 Å². The molecule has 0 amide bonds. The molecule has 0 saturated carbocycles. The van der Waals surface area contributed by atoms with Crippen LogP contribution in [0.2, 0.25) is 0 Å². The molecular formula is C11H11N3O2. The summed E-state index contributed by atoms with van der Waals surface area (Å²) in [5, 5.41) is 0. The maximum atomic E-state index is 5.43. The average molecular weight is 217 g/mol. The zero-order valence-electron chi connectivity index (χ0n) is 8.83. The highest BCUT2D eigenvalue weighted by Crippen LogP contribution is 2.09. The topological polar surface area (TPSA) is 57.1 Å². The van der Waals surface area contributed by atoms with Crippen molar-refractivity contribution in [3.05, 3.63) is 42.5 Å². The van der Waals surface area contributed by atoms with Gasteiger partial charge in [0.2, 0.25) is 11.8 Å². The number of methoxy groups -OCH3 is 1. The van der Waals surface area contributed by atoms with E-state index in [2.05, 4.69) is 15.0 Å². The zero-order valence-corrected chi connectivity index (χ0v) is 8.83. The lowest BCUT2D eigenvalue weighted by molar-refractivity contribution is 0.292. The van der Waals surface area contributed by atoms with Crippen molar-refractivity contribution in [2.75, 3.05) is 7.11 Å². The van der Waals surface area contributed by atoms with Crippen LogP contribution < -0.4 is 9.47 Å². The molecule has 2 aromatic heterocycles. The summed E-state index contributed by atoms with van der Waals surface area (Å²) in [6.07, 6.45) is 4.79. The van der Waals surface area contributed by atoms with Crippen LogP contribution in [0.4, 0.5) is 0 Å². The Morgan fingerprint density at radius 3 is 2.69 bits per heavy atom. The predicted molar refractivity (Wildman–Crippen MR) is 57.2 cm³/mol. The van der Waals surface area contributed by atoms with Crippen LogP contribution in [-0.4, -0.2) is 22.1 Å². The molecule has 82 valence electrons. The first-order chi connectivity index (χ1) is 7.88. The Labute approximate surface area is 93.1 Å². The van der Waals surface area contributed by atoms with E-state index in [1.54, 1.807) is 31.6 Å². The molecule has 2 rings (SSSR count). The molecule has 0 aliphatic heterocycles. The Bertz CT molecular complexity index is 431. The third-order valence-electron chi connectivity index (χ3n) is 1.95. The van der Waals surface area contributed by atoms with Gasteiger partial charge >= 0.3 is 0 Å². The number of nitrogens with zero attached hydrogens (tertiary/aromatic N) is 3. The number of rotatable bonds is 4. The number of aromatic nitrogens is 3. The standard InChI is InChI=1S/C11H11N3O2/c1-15-10-3-2-9(6-13-10)7-16-11-4-5-12-8-14-11/h2-6,8H,7H2,1H3. The molecule has 0 atom stereocenters. The molecular weight excluding hydrogens is 206 g/mol. The van der Waals surface area contributed by atoms with E-state index in [1.165, 1.54) is 6.33 Å². The summed E-state index contributed by atoms with van der Waals surface area (Å²) < 4.78 is 10.4. The van der Waals surface area contributed by atoms with E-state index in [0.717, 1.165) is 5.56 Å². The van der Waals surface area contributed by atoms with Crippen molar-refractivity contribution in [3.8, 4) is 11.8 Å². The van der Waals surface area contributed by atoms with Crippen molar-refractivity contribution in [1.82, 2.24) is 15.0 Å². The van der Waals surface area contributed by atoms with Crippen LogP contribution in [0.5, 0.6) is 11.8 Å². The fraction of sp³-hybridized carbons (Fsp3) is 0.182. The maximum Gasteiger partial charge on any atom is 0.216 e. The second kappa shape index (κ2) is 5.06. The van der Waals surface area contributed by atoms with E-state index in [9.17, 15) is 0 Å². The summed E-state index contributed by atoms with van der Waals surface area (Å²) in [4.78, 5) is 11.8. The van der Waals surface area contributed by atoms with Gasteiger partial charge in [0.15, 0.2) is 0 Å². The van der Waals surface area contributed by atoms with Crippen LogP contribution in [0.25, 0.3) is 0 Å². The van der Waals surface area contributed by atoms with E-state index in [0.29, 0.717) is 18.4 Å². The third kappa shape index (κ3) is 2.66. The third-order valence-corrected chi connectivity index (χ3v) is 1.95. The number of hydrogen-bond acceptors (Lipinski definition) is 5. The Morgan fingerprint density at radius 2 is 2.06 bits per heavy atom. The molecule has 0 aliphatic rings. The highest BCUT2D eigenvalue weighted by molar-refractivity contribution is 5.17. The van der Waals surface area contributed by atoms with E-state index in [1.807, 2.05) is 6.07 Å². The lowest BCUT2D eigenvalue weighted by Gasteiger charge is -2.04. The van der Waals surface area contributed by atoms with Crippen molar-refractivity contribution in [1.29, 1.82) is 0 Å². The molecule has 0 radical (unpaired) electrons. The molecule has 0 N–H and O–H groups in total. The summed E-state index contributed by atoms with van der Waals surface area (Å²) in [7, 11) is 1.58. The van der Waals surface area contributed by atoms with Crippen LogP contribution in [0.1, 0.15) is 5.56 Å². The van der Waals surface area contributed by atoms with Crippen LogP contribution in [0.15, 0.2) is 36.9 Å². The molecule has 0 unspecified atom stereocenters. The SMILES string of the molecule is COc1ccc(COc2ccncn2)cn1. The fourth-order valence-electron chi connectivity index (χ4n) is 1.14. The quantitative estimate of drug-likeness (QED) is 0.776. The Morgan fingerprint density at radius 1 is 1.12 bits per heavy atom. The molecule has 5 heteroatoms. The van der Waals surface area contributed by atoms with Crippen molar-refractivity contribution < 1.29 is 9.47 Å². The van der Waals surface area contributed by atoms with Gasteiger partial charge in [0, 0.05) is 30.1 Å². The average Bonchev–Trinajstić information content (AvgIpc) is 2.38. The lowest BCUT2D eigenvalue weighted by atomic mass is 10.3. The van der Waals surface area contributed by atoms with E-state index >= 15 is 0 Å². The monoisotopic (exact) mass is 217 g/mol. The molecule has 0 aromatic carbocycles. The molecule has 5 nitrogen and oxygen atoms in total. The number of hydrogen-bond donors (Lipinski definition) is 0. The van der Waals surface area contributed by atoms with Gasteiger partial charge in [-0.1, -0.05) is 0 Å². The van der Waals surface area contributed by atoms with Gasteiger partial charge < -0.3 is 9.47 Å². The summed E-state index contributed by atoms with van der Waals surface area (Å²) in [6.45, 7) is 0.425. The largest absolute Gasteiger partial charge is 0.481 e. The van der Waals surface area contributed by atoms with Gasteiger partial charge in [-0.15, -0.1) is 0 Å². The normalized spacial score (nSPS) is 9.81. The van der Waals surface area contributed by atoms with Crippen LogP contribution >= 0.6 is 0 Å². The molecule has 2 heterocycles. The van der Waals surface area contributed by atoms with Crippen molar-refractivity contribution in [2.24, 2.45) is 0 Å². The zero-order chi connectivity index (χ0) is 11.2. The molecule has 2 aromatic rings. The second-order valence-electron chi connectivity index (χ2n) is 3.05. The second-order valence-corrected chi connectivity index (χ2v) is 3.05. The molecule has 0 spiro atoms. The Hall–Kier alpha value is -2.17. The first-order valence-electron chi connectivity index (χ1n) is 4.76. The molecule has 0 fully saturated rings. The van der Waals surface area contributed by atoms with Crippen molar-refractivity contribution in [3.63, 3.8) is 0 Å². The lowest BCUT2D eigenvalue weighted by Crippen LogP contribution is -1.98. The van der Waals surface area contributed by atoms with Gasteiger partial charge in [0.05, 0.1) is 7.11 Å². The van der Waals surface area contributed by atoms with E-state index < -0.39 is 0 Å². The first kappa shape index (κ1) is 10.4. The summed E-state index contributed by atoms with van der Waals surface area (Å²) >= 11 is 0. The van der Waals surface area contributed by atoms with Gasteiger partial charge in [0.25, 0.3) is 0 Å². The minimum Gasteiger partial charge on any atom is -0.481 e. The van der Waals surface area contributed by atoms with E-state index in [-0.39, 0.29) is 0 Å². The van der Waals surface area contributed by atoms with Gasteiger partial charge in [-0.25, -0.2) is 15.0 Å². The summed E-state index contributed by atoms with van der Waals surface area (Å²) in [6, 6.07) is 5.39. The molecule has 0 saturated heterocycles. The van der Waals surface area contributed by atoms with Gasteiger partial charge in [0.1, 0.15) is 12.9 Å². The van der Waals surface area contributed by atoms with Crippen LogP contribution in [0, 0.1) is 0 Å². The van der Waals surface area contributed by atoms with Gasteiger partial charge in [-0.3, -0.25) is 0 Å². The number of ether oxygens (including phenoxy) is 2. The van der Waals surface area contributed by atoms with Crippen molar-refractivity contribution >= 4 is 0 Å². The highest BCUT2D eigenvalue weighted by atomic mass is 16.5. The smallest absolute Gasteiger partial charge is 0.216 e. The van der Waals surface area contributed by atoms with Crippen LogP contribution in [-0.2, 0) is 6.61 Å². The highest BCUT2D eigenvalue weighted by Gasteiger charge is 1.98. The number of pyridine rings is 1. The minimum absolute atomic E-state index is 0.425. The fourth-order valence-corrected chi connectivity index (χ4v) is 1.14. The van der Waals surface area contributed by atoms with Gasteiger partial charge in [-0.05, 0) is 6.07 Å². The maximum absolute atomic E-state index is 5.43. The molecule has 0 bridgehead atoms. The minimum atomic E-state index is 0.425. The predicted octanol–water partition coefficient (Wildman–Crippen LogP) is 1.46. The first-order valence-corrected chi connectivity index (χ1v) is 4.76. The summed E-state index contributed by atoms with van der Waals surface area (Å²) in [5.74, 6) is 1.14.